The van der Waals surface area contributed by atoms with Crippen LogP contribution in [0.15, 0.2) is 24.3 Å². The molecule has 1 fully saturated rings. The Morgan fingerprint density at radius 3 is 2.45 bits per heavy atom. The molecule has 0 spiro atoms. The van der Waals surface area contributed by atoms with Gasteiger partial charge in [0, 0.05) is 43.6 Å². The van der Waals surface area contributed by atoms with Crippen LogP contribution >= 0.6 is 0 Å². The molecule has 1 unspecified atom stereocenters. The first-order valence-electron chi connectivity index (χ1n) is 8.11. The predicted octanol–water partition coefficient (Wildman–Crippen LogP) is 3.11. The number of rotatable bonds is 6. The summed E-state index contributed by atoms with van der Waals surface area (Å²) in [6.45, 7) is 12.2. The smallest absolute Gasteiger partial charge is 0.0368 e. The summed E-state index contributed by atoms with van der Waals surface area (Å²) in [6, 6.07) is 9.73. The van der Waals surface area contributed by atoms with E-state index < -0.39 is 0 Å². The van der Waals surface area contributed by atoms with Gasteiger partial charge in [0.05, 0.1) is 0 Å². The topological polar surface area (TPSA) is 18.5 Å². The van der Waals surface area contributed by atoms with Crippen LogP contribution in [0.4, 0.5) is 11.4 Å². The Kier molecular flexibility index (Phi) is 5.72. The lowest BCUT2D eigenvalue weighted by atomic mass is 10.0. The highest BCUT2D eigenvalue weighted by molar-refractivity contribution is 5.56. The van der Waals surface area contributed by atoms with E-state index in [0.717, 1.165) is 26.2 Å². The lowest BCUT2D eigenvalue weighted by Gasteiger charge is -2.35. The van der Waals surface area contributed by atoms with Crippen molar-refractivity contribution < 1.29 is 0 Å². The number of nitrogens with one attached hydrogen (secondary N) is 1. The van der Waals surface area contributed by atoms with Gasteiger partial charge in [-0.25, -0.2) is 0 Å². The molecule has 3 heteroatoms. The Morgan fingerprint density at radius 1 is 1.15 bits per heavy atom. The largest absolute Gasteiger partial charge is 0.372 e. The molecule has 0 aromatic heterocycles. The van der Waals surface area contributed by atoms with E-state index in [2.05, 4.69) is 60.2 Å². The van der Waals surface area contributed by atoms with Crippen LogP contribution in [-0.4, -0.2) is 38.8 Å². The lowest BCUT2D eigenvalue weighted by Crippen LogP contribution is -2.45. The van der Waals surface area contributed by atoms with Crippen LogP contribution in [0.1, 0.15) is 33.6 Å². The molecule has 0 saturated carbocycles. The molecule has 2 rings (SSSR count). The van der Waals surface area contributed by atoms with Crippen molar-refractivity contribution in [1.82, 2.24) is 5.32 Å². The van der Waals surface area contributed by atoms with Crippen LogP contribution < -0.4 is 15.1 Å². The number of nitrogens with zero attached hydrogens (tertiary/aromatic N) is 2. The third kappa shape index (κ3) is 3.66. The summed E-state index contributed by atoms with van der Waals surface area (Å²) in [5, 5.41) is 3.58. The molecule has 0 aliphatic carbocycles. The van der Waals surface area contributed by atoms with Crippen molar-refractivity contribution in [3.8, 4) is 0 Å². The fourth-order valence-electron chi connectivity index (χ4n) is 3.13. The molecule has 1 N–H and O–H groups in total. The quantitative estimate of drug-likeness (QED) is 0.860. The van der Waals surface area contributed by atoms with Crippen LogP contribution in [0.3, 0.4) is 0 Å². The Balaban J connectivity index is 2.02. The minimum absolute atomic E-state index is 0.649. The molecule has 1 aromatic carbocycles. The molecule has 3 nitrogen and oxygen atoms in total. The van der Waals surface area contributed by atoms with Gasteiger partial charge in [-0.15, -0.1) is 0 Å². The van der Waals surface area contributed by atoms with E-state index in [0.29, 0.717) is 6.04 Å². The summed E-state index contributed by atoms with van der Waals surface area (Å²) in [6.07, 6.45) is 2.59. The summed E-state index contributed by atoms with van der Waals surface area (Å²) in [5.41, 5.74) is 2.70. The van der Waals surface area contributed by atoms with Crippen LogP contribution in [-0.2, 0) is 0 Å². The zero-order chi connectivity index (χ0) is 14.4. The first kappa shape index (κ1) is 15.2. The Morgan fingerprint density at radius 2 is 1.85 bits per heavy atom. The second-order valence-corrected chi connectivity index (χ2v) is 5.53. The summed E-state index contributed by atoms with van der Waals surface area (Å²) in [4.78, 5) is 4.91. The van der Waals surface area contributed by atoms with Crippen molar-refractivity contribution in [2.45, 2.75) is 39.7 Å². The molecule has 1 atom stereocenters. The van der Waals surface area contributed by atoms with Crippen molar-refractivity contribution in [3.63, 3.8) is 0 Å². The second kappa shape index (κ2) is 7.53. The zero-order valence-corrected chi connectivity index (χ0v) is 13.2. The van der Waals surface area contributed by atoms with Gasteiger partial charge in [0.15, 0.2) is 0 Å². The van der Waals surface area contributed by atoms with E-state index in [4.69, 9.17) is 0 Å². The molecule has 1 aromatic rings. The molecule has 20 heavy (non-hydrogen) atoms. The van der Waals surface area contributed by atoms with Crippen LogP contribution in [0.25, 0.3) is 0 Å². The highest BCUT2D eigenvalue weighted by atomic mass is 15.2. The van der Waals surface area contributed by atoms with Crippen LogP contribution in [0, 0.1) is 0 Å². The fraction of sp³-hybridized carbons (Fsp3) is 0.647. The van der Waals surface area contributed by atoms with E-state index in [-0.39, 0.29) is 0 Å². The maximum Gasteiger partial charge on any atom is 0.0368 e. The number of benzene rings is 1. The van der Waals surface area contributed by atoms with E-state index in [1.807, 2.05) is 0 Å². The minimum Gasteiger partial charge on any atom is -0.372 e. The third-order valence-electron chi connectivity index (χ3n) is 4.26. The minimum atomic E-state index is 0.649. The summed E-state index contributed by atoms with van der Waals surface area (Å²) in [7, 11) is 0. The molecule has 0 amide bonds. The summed E-state index contributed by atoms with van der Waals surface area (Å²) >= 11 is 0. The molecule has 0 radical (unpaired) electrons. The van der Waals surface area contributed by atoms with Gasteiger partial charge < -0.3 is 15.1 Å². The maximum absolute atomic E-state index is 3.58. The van der Waals surface area contributed by atoms with Gasteiger partial charge in [-0.05, 0) is 57.5 Å². The van der Waals surface area contributed by atoms with Gasteiger partial charge in [-0.2, -0.15) is 0 Å². The van der Waals surface area contributed by atoms with Crippen LogP contribution in [0.5, 0.6) is 0 Å². The first-order chi connectivity index (χ1) is 9.78. The van der Waals surface area contributed by atoms with Gasteiger partial charge in [0.25, 0.3) is 0 Å². The molecular weight excluding hydrogens is 246 g/mol. The SMILES string of the molecule is CCNC1CCCN(c2ccc(N(CC)CC)cc2)C1. The van der Waals surface area contributed by atoms with E-state index in [9.17, 15) is 0 Å². The number of anilines is 2. The highest BCUT2D eigenvalue weighted by Gasteiger charge is 2.19. The molecule has 1 saturated heterocycles. The van der Waals surface area contributed by atoms with E-state index >= 15 is 0 Å². The molecular formula is C17H29N3. The second-order valence-electron chi connectivity index (χ2n) is 5.53. The predicted molar refractivity (Wildman–Crippen MR) is 88.9 cm³/mol. The number of piperidine rings is 1. The fourth-order valence-corrected chi connectivity index (χ4v) is 3.13. The Bertz CT molecular complexity index is 382. The van der Waals surface area contributed by atoms with Gasteiger partial charge in [-0.3, -0.25) is 0 Å². The first-order valence-corrected chi connectivity index (χ1v) is 8.11. The summed E-state index contributed by atoms with van der Waals surface area (Å²) in [5.74, 6) is 0. The van der Waals surface area contributed by atoms with Crippen molar-refractivity contribution >= 4 is 11.4 Å². The van der Waals surface area contributed by atoms with E-state index in [1.165, 1.54) is 30.8 Å². The van der Waals surface area contributed by atoms with Gasteiger partial charge >= 0.3 is 0 Å². The van der Waals surface area contributed by atoms with Crippen LogP contribution in [0.2, 0.25) is 0 Å². The average Bonchev–Trinajstić information content (AvgIpc) is 2.50. The van der Waals surface area contributed by atoms with Crippen molar-refractivity contribution in [2.24, 2.45) is 0 Å². The van der Waals surface area contributed by atoms with Gasteiger partial charge in [-0.1, -0.05) is 6.92 Å². The zero-order valence-electron chi connectivity index (χ0n) is 13.2. The third-order valence-corrected chi connectivity index (χ3v) is 4.26. The Hall–Kier alpha value is -1.22. The number of hydrogen-bond donors (Lipinski definition) is 1. The molecule has 1 heterocycles. The lowest BCUT2D eigenvalue weighted by molar-refractivity contribution is 0.431. The van der Waals surface area contributed by atoms with Gasteiger partial charge in [0.2, 0.25) is 0 Å². The monoisotopic (exact) mass is 275 g/mol. The molecule has 1 aliphatic rings. The normalized spacial score (nSPS) is 19.1. The number of likely N-dealkylation sites (N-methyl/N-ethyl adjacent to an activating group) is 1. The number of hydrogen-bond acceptors (Lipinski definition) is 3. The Labute approximate surface area is 124 Å². The van der Waals surface area contributed by atoms with Crippen molar-refractivity contribution in [1.29, 1.82) is 0 Å². The highest BCUT2D eigenvalue weighted by Crippen LogP contribution is 2.23. The standard InChI is InChI=1S/C17H29N3/c1-4-18-15-8-7-13-20(14-15)17-11-9-16(10-12-17)19(5-2)6-3/h9-12,15,18H,4-8,13-14H2,1-3H3. The van der Waals surface area contributed by atoms with Gasteiger partial charge in [0.1, 0.15) is 0 Å². The average molecular weight is 275 g/mol. The molecule has 1 aliphatic heterocycles. The van der Waals surface area contributed by atoms with Crippen molar-refractivity contribution in [2.75, 3.05) is 42.5 Å². The summed E-state index contributed by atoms with van der Waals surface area (Å²) < 4.78 is 0. The van der Waals surface area contributed by atoms with E-state index in [1.54, 1.807) is 0 Å². The molecule has 0 bridgehead atoms. The molecule has 112 valence electrons. The maximum atomic E-state index is 3.58. The van der Waals surface area contributed by atoms with Crippen molar-refractivity contribution in [3.05, 3.63) is 24.3 Å².